The zero-order chi connectivity index (χ0) is 21.4. The van der Waals surface area contributed by atoms with Crippen molar-refractivity contribution in [2.24, 2.45) is 5.92 Å². The summed E-state index contributed by atoms with van der Waals surface area (Å²) in [4.78, 5) is 37.2. The lowest BCUT2D eigenvalue weighted by atomic mass is 9.86. The molecular formula is C22H35N4O3+. The maximum absolute atomic E-state index is 12.7. The van der Waals surface area contributed by atoms with Crippen LogP contribution in [-0.4, -0.2) is 42.9 Å². The number of hydrogen-bond acceptors (Lipinski definition) is 3. The third-order valence-electron chi connectivity index (χ3n) is 5.78. The number of likely N-dealkylation sites (N-methyl/N-ethyl adjacent to an activating group) is 1. The maximum Gasteiger partial charge on any atom is 0.279 e. The number of carbonyl (C=O) groups is 3. The van der Waals surface area contributed by atoms with Crippen molar-refractivity contribution >= 4 is 29.1 Å². The van der Waals surface area contributed by atoms with Gasteiger partial charge in [0.2, 0.25) is 5.91 Å². The van der Waals surface area contributed by atoms with Gasteiger partial charge in [0, 0.05) is 24.3 Å². The Kier molecular flexibility index (Phi) is 8.64. The van der Waals surface area contributed by atoms with Gasteiger partial charge in [0.15, 0.2) is 12.6 Å². The molecule has 3 amide bonds. The average Bonchev–Trinajstić information content (AvgIpc) is 2.68. The van der Waals surface area contributed by atoms with Gasteiger partial charge in [0.1, 0.15) is 0 Å². The molecule has 1 aliphatic rings. The van der Waals surface area contributed by atoms with Crippen molar-refractivity contribution in [2.45, 2.75) is 65.5 Å². The number of nitrogens with one attached hydrogen (secondary N) is 4. The number of quaternary nitrogens is 1. The van der Waals surface area contributed by atoms with Crippen molar-refractivity contribution in [1.82, 2.24) is 5.32 Å². The van der Waals surface area contributed by atoms with Crippen LogP contribution in [0.4, 0.5) is 11.4 Å². The van der Waals surface area contributed by atoms with E-state index in [4.69, 9.17) is 0 Å². The van der Waals surface area contributed by atoms with Crippen molar-refractivity contribution in [1.29, 1.82) is 0 Å². The van der Waals surface area contributed by atoms with Crippen LogP contribution in [0, 0.1) is 5.92 Å². The topological polar surface area (TPSA) is 91.7 Å². The lowest BCUT2D eigenvalue weighted by Gasteiger charge is -2.31. The Morgan fingerprint density at radius 3 is 2.21 bits per heavy atom. The van der Waals surface area contributed by atoms with E-state index in [1.54, 1.807) is 24.3 Å². The number of anilines is 2. The third kappa shape index (κ3) is 7.16. The molecule has 0 radical (unpaired) electrons. The predicted molar refractivity (Wildman–Crippen MR) is 115 cm³/mol. The summed E-state index contributed by atoms with van der Waals surface area (Å²) in [6, 6.07) is 6.92. The van der Waals surface area contributed by atoms with E-state index in [1.165, 1.54) is 13.3 Å². The van der Waals surface area contributed by atoms with Crippen molar-refractivity contribution in [3.8, 4) is 0 Å². The Hall–Kier alpha value is -2.41. The molecular weight excluding hydrogens is 368 g/mol. The van der Waals surface area contributed by atoms with Gasteiger partial charge in [-0.25, -0.2) is 0 Å². The Bertz CT molecular complexity index is 705. The minimum Gasteiger partial charge on any atom is -0.348 e. The molecule has 29 heavy (non-hydrogen) atoms. The summed E-state index contributed by atoms with van der Waals surface area (Å²) in [6.45, 7) is 8.42. The molecule has 0 aliphatic heterocycles. The zero-order valence-corrected chi connectivity index (χ0v) is 18.0. The van der Waals surface area contributed by atoms with Crippen LogP contribution in [0.2, 0.25) is 0 Å². The van der Waals surface area contributed by atoms with E-state index in [0.717, 1.165) is 24.2 Å². The standard InChI is InChI=1S/C22H34N4O3/c1-5-26(16(3)22(29)25-20-9-7-6-8-15(20)2)14-21(28)24-19-12-10-18(11-13-19)23-17(4)27/h10-13,15-16,20H,5-9,14H2,1-4H3,(H,23,27)(H,24,28)(H,25,29)/p+1/t15-,16+,20+/m0/s1. The van der Waals surface area contributed by atoms with Crippen LogP contribution in [0.5, 0.6) is 0 Å². The van der Waals surface area contributed by atoms with Crippen molar-refractivity contribution < 1.29 is 19.3 Å². The van der Waals surface area contributed by atoms with Gasteiger partial charge in [0.05, 0.1) is 6.54 Å². The largest absolute Gasteiger partial charge is 0.348 e. The molecule has 0 aromatic heterocycles. The molecule has 0 saturated heterocycles. The van der Waals surface area contributed by atoms with Crippen LogP contribution in [-0.2, 0) is 14.4 Å². The molecule has 1 aromatic carbocycles. The quantitative estimate of drug-likeness (QED) is 0.531. The van der Waals surface area contributed by atoms with E-state index in [1.807, 2.05) is 13.8 Å². The zero-order valence-electron chi connectivity index (χ0n) is 18.0. The van der Waals surface area contributed by atoms with Crippen molar-refractivity contribution in [3.05, 3.63) is 24.3 Å². The number of benzene rings is 1. The van der Waals surface area contributed by atoms with Gasteiger partial charge in [-0.2, -0.15) is 0 Å². The second kappa shape index (κ2) is 11.0. The second-order valence-corrected chi connectivity index (χ2v) is 8.09. The summed E-state index contributed by atoms with van der Waals surface area (Å²) in [5.74, 6) is 0.250. The normalized spacial score (nSPS) is 21.0. The first-order chi connectivity index (χ1) is 13.8. The van der Waals surface area contributed by atoms with Crippen LogP contribution < -0.4 is 20.9 Å². The highest BCUT2D eigenvalue weighted by molar-refractivity contribution is 5.93. The monoisotopic (exact) mass is 403 g/mol. The molecule has 4 N–H and O–H groups in total. The summed E-state index contributed by atoms with van der Waals surface area (Å²) in [7, 11) is 0. The number of rotatable bonds is 8. The smallest absolute Gasteiger partial charge is 0.279 e. The molecule has 1 aliphatic carbocycles. The molecule has 0 bridgehead atoms. The van der Waals surface area contributed by atoms with E-state index < -0.39 is 0 Å². The molecule has 0 spiro atoms. The van der Waals surface area contributed by atoms with Gasteiger partial charge < -0.3 is 20.9 Å². The van der Waals surface area contributed by atoms with Gasteiger partial charge >= 0.3 is 0 Å². The molecule has 1 fully saturated rings. The molecule has 1 aromatic rings. The number of hydrogen-bond donors (Lipinski definition) is 4. The molecule has 4 atom stereocenters. The Balaban J connectivity index is 1.87. The first-order valence-electron chi connectivity index (χ1n) is 10.6. The SMILES string of the molecule is CC[NH+](CC(=O)Nc1ccc(NC(C)=O)cc1)[C@H](C)C(=O)N[C@@H]1CCCC[C@@H]1C. The summed E-state index contributed by atoms with van der Waals surface area (Å²) in [5.41, 5.74) is 1.34. The highest BCUT2D eigenvalue weighted by atomic mass is 16.2. The lowest BCUT2D eigenvalue weighted by Crippen LogP contribution is -3.17. The molecule has 0 heterocycles. The first-order valence-corrected chi connectivity index (χ1v) is 10.6. The van der Waals surface area contributed by atoms with E-state index in [0.29, 0.717) is 23.8 Å². The number of amides is 3. The number of carbonyl (C=O) groups excluding carboxylic acids is 3. The average molecular weight is 404 g/mol. The highest BCUT2D eigenvalue weighted by Crippen LogP contribution is 2.23. The highest BCUT2D eigenvalue weighted by Gasteiger charge is 2.30. The van der Waals surface area contributed by atoms with Gasteiger partial charge in [-0.1, -0.05) is 19.8 Å². The lowest BCUT2D eigenvalue weighted by molar-refractivity contribution is -0.904. The Morgan fingerprint density at radius 1 is 1.07 bits per heavy atom. The summed E-state index contributed by atoms with van der Waals surface area (Å²) < 4.78 is 0. The fourth-order valence-electron chi connectivity index (χ4n) is 3.86. The van der Waals surface area contributed by atoms with Crippen LogP contribution in [0.25, 0.3) is 0 Å². The van der Waals surface area contributed by atoms with Crippen molar-refractivity contribution in [3.63, 3.8) is 0 Å². The third-order valence-corrected chi connectivity index (χ3v) is 5.78. The summed E-state index contributed by atoms with van der Waals surface area (Å²) >= 11 is 0. The Labute approximate surface area is 173 Å². The molecule has 2 rings (SSSR count). The van der Waals surface area contributed by atoms with E-state index >= 15 is 0 Å². The van der Waals surface area contributed by atoms with Crippen molar-refractivity contribution in [2.75, 3.05) is 23.7 Å². The van der Waals surface area contributed by atoms with Crippen LogP contribution in [0.15, 0.2) is 24.3 Å². The Morgan fingerprint density at radius 2 is 1.66 bits per heavy atom. The van der Waals surface area contributed by atoms with Crippen LogP contribution in [0.3, 0.4) is 0 Å². The molecule has 1 unspecified atom stereocenters. The maximum atomic E-state index is 12.7. The summed E-state index contributed by atoms with van der Waals surface area (Å²) in [5, 5.41) is 8.76. The van der Waals surface area contributed by atoms with Gasteiger partial charge in [-0.3, -0.25) is 14.4 Å². The van der Waals surface area contributed by atoms with Crippen LogP contribution >= 0.6 is 0 Å². The van der Waals surface area contributed by atoms with Gasteiger partial charge in [-0.05, 0) is 56.9 Å². The summed E-state index contributed by atoms with van der Waals surface area (Å²) in [6.07, 6.45) is 4.60. The van der Waals surface area contributed by atoms with Gasteiger partial charge in [0.25, 0.3) is 11.8 Å². The van der Waals surface area contributed by atoms with Gasteiger partial charge in [-0.15, -0.1) is 0 Å². The molecule has 7 heteroatoms. The first kappa shape index (κ1) is 22.9. The molecule has 7 nitrogen and oxygen atoms in total. The fraction of sp³-hybridized carbons (Fsp3) is 0.591. The fourth-order valence-corrected chi connectivity index (χ4v) is 3.86. The minimum absolute atomic E-state index is 0.0214. The van der Waals surface area contributed by atoms with E-state index in [2.05, 4.69) is 22.9 Å². The minimum atomic E-state index is -0.290. The van der Waals surface area contributed by atoms with E-state index in [-0.39, 0.29) is 36.3 Å². The molecule has 1 saturated carbocycles. The predicted octanol–water partition coefficient (Wildman–Crippen LogP) is 1.57. The second-order valence-electron chi connectivity index (χ2n) is 8.09. The van der Waals surface area contributed by atoms with E-state index in [9.17, 15) is 14.4 Å². The molecule has 160 valence electrons. The van der Waals surface area contributed by atoms with Crippen LogP contribution in [0.1, 0.15) is 53.4 Å².